The minimum atomic E-state index is -2.66. The number of rotatable bonds is 4. The number of nitrogens with two attached hydrogens (primary N) is 1. The third kappa shape index (κ3) is 3.99. The van der Waals surface area contributed by atoms with Gasteiger partial charge in [-0.05, 0) is 76.4 Å². The first-order valence-corrected chi connectivity index (χ1v) is 13.6. The van der Waals surface area contributed by atoms with Gasteiger partial charge in [0.05, 0.1) is 11.6 Å². The van der Waals surface area contributed by atoms with Gasteiger partial charge in [0.15, 0.2) is 11.4 Å². The molecule has 0 bridgehead atoms. The largest absolute Gasteiger partial charge is 0.508 e. The van der Waals surface area contributed by atoms with Gasteiger partial charge in [-0.3, -0.25) is 24.2 Å². The molecule has 1 aromatic rings. The quantitative estimate of drug-likeness (QED) is 0.347. The van der Waals surface area contributed by atoms with Crippen molar-refractivity contribution in [1.82, 2.24) is 9.80 Å². The molecule has 0 spiro atoms. The molecule has 6 N–H and O–H groups in total. The predicted molar refractivity (Wildman–Crippen MR) is 143 cm³/mol. The molecule has 5 rings (SSSR count). The highest BCUT2D eigenvalue weighted by molar-refractivity contribution is 6.32. The maximum atomic E-state index is 13.9. The second kappa shape index (κ2) is 9.62. The average Bonchev–Trinajstić information content (AvgIpc) is 2.85. The minimum Gasteiger partial charge on any atom is -0.508 e. The van der Waals surface area contributed by atoms with Crippen LogP contribution < -0.4 is 5.73 Å². The number of amides is 1. The van der Waals surface area contributed by atoms with Gasteiger partial charge in [0.1, 0.15) is 22.8 Å². The number of nitrogens with zero attached hydrogens (tertiary/aromatic N) is 2. The number of ketones is 2. The van der Waals surface area contributed by atoms with Crippen LogP contribution in [-0.4, -0.2) is 86.0 Å². The van der Waals surface area contributed by atoms with Gasteiger partial charge < -0.3 is 26.2 Å². The number of benzene rings is 1. The summed E-state index contributed by atoms with van der Waals surface area (Å²) in [6.07, 6.45) is 3.50. The van der Waals surface area contributed by atoms with Gasteiger partial charge in [-0.2, -0.15) is 0 Å². The lowest BCUT2D eigenvalue weighted by molar-refractivity contribution is -0.153. The minimum absolute atomic E-state index is 0.00623. The number of likely N-dealkylation sites (tertiary alicyclic amines) is 1. The Balaban J connectivity index is 1.63. The van der Waals surface area contributed by atoms with Crippen molar-refractivity contribution in [2.45, 2.75) is 63.3 Å². The number of carbonyl (C=O) groups excluding carboxylic acids is 3. The number of fused-ring (bicyclic) bond motifs is 3. The summed E-state index contributed by atoms with van der Waals surface area (Å²) in [5.41, 5.74) is 2.88. The molecule has 1 aromatic carbocycles. The molecule has 10 nitrogen and oxygen atoms in total. The number of likely N-dealkylation sites (N-methyl/N-ethyl adjacent to an activating group) is 1. The zero-order chi connectivity index (χ0) is 28.5. The number of primary amides is 1. The summed E-state index contributed by atoms with van der Waals surface area (Å²) in [4.78, 5) is 42.9. The van der Waals surface area contributed by atoms with Gasteiger partial charge in [-0.1, -0.05) is 18.0 Å². The van der Waals surface area contributed by atoms with Crippen LogP contribution in [-0.2, 0) is 27.3 Å². The summed E-state index contributed by atoms with van der Waals surface area (Å²) in [5, 5.41) is 45.3. The summed E-state index contributed by atoms with van der Waals surface area (Å²) >= 11 is 6.88. The molecule has 3 aliphatic carbocycles. The molecule has 210 valence electrons. The fourth-order valence-electron chi connectivity index (χ4n) is 7.07. The third-order valence-electron chi connectivity index (χ3n) is 9.04. The standard InChI is InChI=1S/C28H34ClN3O7/c1-12-6-4-5-7-32(12)11-14-10-17(33)19-15(21(14)29)8-13-9-16-22(31(2)3)24(35)20(27(30)38)26(37)28(16,39)25(36)18(13)23(19)34/h10,12-13,16,22,33-34,37,39H,4-9,11H2,1-3H3,(H2,30,38)/t12-,13-,16-,22-,28-/m0/s1. The fourth-order valence-corrected chi connectivity index (χ4v) is 7.36. The molecule has 11 heteroatoms. The van der Waals surface area contributed by atoms with Crippen LogP contribution in [0.3, 0.4) is 0 Å². The Morgan fingerprint density at radius 3 is 2.54 bits per heavy atom. The van der Waals surface area contributed by atoms with Crippen molar-refractivity contribution < 1.29 is 34.8 Å². The zero-order valence-electron chi connectivity index (χ0n) is 22.2. The molecular formula is C28H34ClN3O7. The van der Waals surface area contributed by atoms with Crippen LogP contribution in [0.2, 0.25) is 5.02 Å². The highest BCUT2D eigenvalue weighted by Gasteiger charge is 2.64. The molecule has 0 unspecified atom stereocenters. The molecule has 1 saturated heterocycles. The number of aliphatic hydroxyl groups is 3. The Bertz CT molecular complexity index is 1350. The maximum absolute atomic E-state index is 13.9. The van der Waals surface area contributed by atoms with Crippen LogP contribution in [0.4, 0.5) is 0 Å². The van der Waals surface area contributed by atoms with Crippen molar-refractivity contribution in [1.29, 1.82) is 0 Å². The average molecular weight is 560 g/mol. The Morgan fingerprint density at radius 1 is 1.23 bits per heavy atom. The SMILES string of the molecule is C[C@H]1CCCCN1Cc1cc(O)c2c(c1Cl)C[C@H]1C[C@H]3[C@H](N(C)C)C(=O)C(C(N)=O)=C(O)[C@@]3(O)C(=O)C1=C2O. The lowest BCUT2D eigenvalue weighted by atomic mass is 9.57. The van der Waals surface area contributed by atoms with Crippen molar-refractivity contribution >= 4 is 34.8 Å². The topological polar surface area (TPSA) is 165 Å². The molecular weight excluding hydrogens is 526 g/mol. The van der Waals surface area contributed by atoms with Gasteiger partial charge >= 0.3 is 0 Å². The fraction of sp³-hybridized carbons (Fsp3) is 0.536. The highest BCUT2D eigenvalue weighted by atomic mass is 35.5. The molecule has 1 heterocycles. The summed E-state index contributed by atoms with van der Waals surface area (Å²) in [6.45, 7) is 3.59. The van der Waals surface area contributed by atoms with Crippen LogP contribution in [0.1, 0.15) is 49.3 Å². The van der Waals surface area contributed by atoms with Crippen molar-refractivity contribution in [2.75, 3.05) is 20.6 Å². The number of hydrogen-bond donors (Lipinski definition) is 5. The molecule has 0 radical (unpaired) electrons. The van der Waals surface area contributed by atoms with Gasteiger partial charge in [-0.15, -0.1) is 0 Å². The second-order valence-electron chi connectivity index (χ2n) is 11.5. The first-order chi connectivity index (χ1) is 18.3. The number of aliphatic hydroxyl groups excluding tert-OH is 2. The Morgan fingerprint density at radius 2 is 1.92 bits per heavy atom. The van der Waals surface area contributed by atoms with E-state index >= 15 is 0 Å². The van der Waals surface area contributed by atoms with E-state index < -0.39 is 58.0 Å². The number of Topliss-reactive ketones (excluding diaryl/α,β-unsaturated/α-hetero) is 2. The van der Waals surface area contributed by atoms with Crippen LogP contribution in [0.25, 0.3) is 5.76 Å². The van der Waals surface area contributed by atoms with E-state index in [4.69, 9.17) is 17.3 Å². The van der Waals surface area contributed by atoms with E-state index in [0.29, 0.717) is 28.7 Å². The molecule has 2 fully saturated rings. The van der Waals surface area contributed by atoms with E-state index in [-0.39, 0.29) is 29.7 Å². The van der Waals surface area contributed by atoms with Crippen molar-refractivity contribution in [3.63, 3.8) is 0 Å². The van der Waals surface area contributed by atoms with E-state index in [0.717, 1.165) is 25.8 Å². The van der Waals surface area contributed by atoms with E-state index in [9.17, 15) is 34.8 Å². The number of phenolic OH excluding ortho intramolecular Hbond substituents is 1. The van der Waals surface area contributed by atoms with E-state index in [1.54, 1.807) is 14.1 Å². The zero-order valence-corrected chi connectivity index (χ0v) is 23.0. The molecule has 1 aliphatic heterocycles. The van der Waals surface area contributed by atoms with Crippen LogP contribution in [0, 0.1) is 11.8 Å². The number of carbonyl (C=O) groups is 3. The van der Waals surface area contributed by atoms with Gasteiger partial charge in [0.2, 0.25) is 5.78 Å². The van der Waals surface area contributed by atoms with E-state index in [1.807, 2.05) is 0 Å². The molecule has 1 saturated carbocycles. The Kier molecular flexibility index (Phi) is 6.82. The third-order valence-corrected chi connectivity index (χ3v) is 9.51. The molecule has 39 heavy (non-hydrogen) atoms. The lowest BCUT2D eigenvalue weighted by Gasteiger charge is -2.50. The first kappa shape index (κ1) is 27.6. The molecule has 0 aromatic heterocycles. The maximum Gasteiger partial charge on any atom is 0.255 e. The molecule has 4 aliphatic rings. The van der Waals surface area contributed by atoms with Crippen LogP contribution in [0.15, 0.2) is 23.0 Å². The van der Waals surface area contributed by atoms with Gasteiger partial charge in [0, 0.05) is 29.1 Å². The number of phenols is 1. The van der Waals surface area contributed by atoms with E-state index in [1.165, 1.54) is 11.0 Å². The normalized spacial score (nSPS) is 31.3. The summed E-state index contributed by atoms with van der Waals surface area (Å²) in [6, 6.07) is 0.728. The Hall–Kier alpha value is -2.92. The van der Waals surface area contributed by atoms with Crippen molar-refractivity contribution in [3.05, 3.63) is 44.7 Å². The molecule has 1 amide bonds. The number of hydrogen-bond acceptors (Lipinski definition) is 9. The predicted octanol–water partition coefficient (Wildman–Crippen LogP) is 1.99. The lowest BCUT2D eigenvalue weighted by Crippen LogP contribution is -2.65. The number of halogens is 1. The highest BCUT2D eigenvalue weighted by Crippen LogP contribution is 2.53. The summed E-state index contributed by atoms with van der Waals surface area (Å²) in [5.74, 6) is -6.76. The number of piperidine rings is 1. The van der Waals surface area contributed by atoms with Crippen molar-refractivity contribution in [3.8, 4) is 5.75 Å². The smallest absolute Gasteiger partial charge is 0.255 e. The van der Waals surface area contributed by atoms with Crippen LogP contribution in [0.5, 0.6) is 5.75 Å². The number of aromatic hydroxyl groups is 1. The van der Waals surface area contributed by atoms with Gasteiger partial charge in [-0.25, -0.2) is 0 Å². The molecule has 5 atom stereocenters. The van der Waals surface area contributed by atoms with Crippen molar-refractivity contribution in [2.24, 2.45) is 17.6 Å². The first-order valence-electron chi connectivity index (χ1n) is 13.2. The summed E-state index contributed by atoms with van der Waals surface area (Å²) in [7, 11) is 3.13. The Labute approximate surface area is 231 Å². The second-order valence-corrected chi connectivity index (χ2v) is 11.9. The van der Waals surface area contributed by atoms with Gasteiger partial charge in [0.25, 0.3) is 5.91 Å². The monoisotopic (exact) mass is 559 g/mol. The summed E-state index contributed by atoms with van der Waals surface area (Å²) < 4.78 is 0. The van der Waals surface area contributed by atoms with Crippen LogP contribution >= 0.6 is 11.6 Å². The van der Waals surface area contributed by atoms with E-state index in [2.05, 4.69) is 11.8 Å².